The van der Waals surface area contributed by atoms with Crippen molar-refractivity contribution in [3.05, 3.63) is 0 Å². The lowest BCUT2D eigenvalue weighted by molar-refractivity contribution is -0.140. The summed E-state index contributed by atoms with van der Waals surface area (Å²) in [4.78, 5) is 9.86. The van der Waals surface area contributed by atoms with Gasteiger partial charge in [0.2, 0.25) is 0 Å². The van der Waals surface area contributed by atoms with E-state index in [9.17, 15) is 4.79 Å². The van der Waals surface area contributed by atoms with Crippen molar-refractivity contribution < 1.29 is 19.7 Å². The molecular weight excluding hydrogens is 174 g/mol. The van der Waals surface area contributed by atoms with Crippen LogP contribution in [0.1, 0.15) is 19.8 Å². The van der Waals surface area contributed by atoms with Crippen LogP contribution in [0, 0.1) is 0 Å². The Morgan fingerprint density at radius 1 is 1.46 bits per heavy atom. The third-order valence-corrected chi connectivity index (χ3v) is 1.63. The largest absolute Gasteiger partial charge is 0.480 e. The number of aliphatic hydroxyl groups is 1. The molecule has 5 heteroatoms. The topological polar surface area (TPSA) is 92.8 Å². The van der Waals surface area contributed by atoms with Crippen molar-refractivity contribution in [2.75, 3.05) is 13.2 Å². The molecule has 1 fully saturated rings. The van der Waals surface area contributed by atoms with Crippen molar-refractivity contribution in [1.82, 2.24) is 0 Å². The lowest BCUT2D eigenvalue weighted by atomic mass is 10.2. The Bertz CT molecular complexity index is 137. The van der Waals surface area contributed by atoms with Crippen LogP contribution in [0.25, 0.3) is 0 Å². The van der Waals surface area contributed by atoms with E-state index >= 15 is 0 Å². The smallest absolute Gasteiger partial charge is 0.323 e. The molecule has 4 N–H and O–H groups in total. The van der Waals surface area contributed by atoms with Gasteiger partial charge in [-0.1, -0.05) is 0 Å². The molecule has 1 saturated heterocycles. The second-order valence-corrected chi connectivity index (χ2v) is 2.92. The fourth-order valence-electron chi connectivity index (χ4n) is 0.717. The molecular formula is C8H17NO4. The zero-order valence-corrected chi connectivity index (χ0v) is 7.77. The molecule has 0 aliphatic carbocycles. The van der Waals surface area contributed by atoms with E-state index in [0.717, 1.165) is 13.2 Å². The van der Waals surface area contributed by atoms with Crippen molar-refractivity contribution >= 4 is 5.97 Å². The SMILES string of the molecule is C1CCOC1.C[C@@H](O)[C@H](N)C(=O)O. The van der Waals surface area contributed by atoms with E-state index in [2.05, 4.69) is 0 Å². The second-order valence-electron chi connectivity index (χ2n) is 2.92. The summed E-state index contributed by atoms with van der Waals surface area (Å²) in [5, 5.41) is 16.6. The molecule has 0 aromatic heterocycles. The zero-order valence-electron chi connectivity index (χ0n) is 7.77. The van der Waals surface area contributed by atoms with Gasteiger partial charge in [0.25, 0.3) is 0 Å². The number of aliphatic hydroxyl groups excluding tert-OH is 1. The predicted octanol–water partition coefficient (Wildman–Crippen LogP) is -0.424. The molecule has 0 bridgehead atoms. The first-order chi connectivity index (χ1) is 6.05. The van der Waals surface area contributed by atoms with Crippen LogP contribution >= 0.6 is 0 Å². The maximum absolute atomic E-state index is 9.86. The monoisotopic (exact) mass is 191 g/mol. The molecule has 0 radical (unpaired) electrons. The number of aliphatic carboxylic acids is 1. The summed E-state index contributed by atoms with van der Waals surface area (Å²) in [6.07, 6.45) is 1.58. The van der Waals surface area contributed by atoms with Crippen LogP contribution in [-0.2, 0) is 9.53 Å². The number of carboxylic acids is 1. The van der Waals surface area contributed by atoms with E-state index in [4.69, 9.17) is 20.7 Å². The van der Waals surface area contributed by atoms with Crippen LogP contribution in [0.3, 0.4) is 0 Å². The quantitative estimate of drug-likeness (QED) is 0.551. The van der Waals surface area contributed by atoms with Gasteiger partial charge in [0.1, 0.15) is 6.04 Å². The highest BCUT2D eigenvalue weighted by Crippen LogP contribution is 1.98. The van der Waals surface area contributed by atoms with Crippen LogP contribution in [-0.4, -0.2) is 41.5 Å². The Morgan fingerprint density at radius 2 is 1.92 bits per heavy atom. The molecule has 1 aliphatic rings. The minimum Gasteiger partial charge on any atom is -0.480 e. The normalized spacial score (nSPS) is 19.9. The molecule has 1 aliphatic heterocycles. The first-order valence-corrected chi connectivity index (χ1v) is 4.30. The number of carboxylic acid groups (broad SMARTS) is 1. The highest BCUT2D eigenvalue weighted by molar-refractivity contribution is 5.73. The summed E-state index contributed by atoms with van der Waals surface area (Å²) in [7, 11) is 0. The van der Waals surface area contributed by atoms with Crippen LogP contribution in [0.15, 0.2) is 0 Å². The highest BCUT2D eigenvalue weighted by Gasteiger charge is 2.16. The Morgan fingerprint density at radius 3 is 2.00 bits per heavy atom. The number of nitrogens with two attached hydrogens (primary N) is 1. The van der Waals surface area contributed by atoms with E-state index < -0.39 is 18.1 Å². The Labute approximate surface area is 77.5 Å². The van der Waals surface area contributed by atoms with Crippen molar-refractivity contribution in [1.29, 1.82) is 0 Å². The molecule has 0 spiro atoms. The minimum atomic E-state index is -1.18. The van der Waals surface area contributed by atoms with E-state index in [1.807, 2.05) is 0 Å². The summed E-state index contributed by atoms with van der Waals surface area (Å²) in [5.74, 6) is -1.18. The Kier molecular flexibility index (Phi) is 6.48. The van der Waals surface area contributed by atoms with E-state index in [-0.39, 0.29) is 0 Å². The van der Waals surface area contributed by atoms with Crippen molar-refractivity contribution in [2.24, 2.45) is 5.73 Å². The summed E-state index contributed by atoms with van der Waals surface area (Å²) in [6, 6.07) is -1.16. The molecule has 1 heterocycles. The average molecular weight is 191 g/mol. The van der Waals surface area contributed by atoms with Crippen LogP contribution in [0.2, 0.25) is 0 Å². The van der Waals surface area contributed by atoms with Gasteiger partial charge in [0.05, 0.1) is 6.10 Å². The third-order valence-electron chi connectivity index (χ3n) is 1.63. The van der Waals surface area contributed by atoms with Gasteiger partial charge in [-0.2, -0.15) is 0 Å². The summed E-state index contributed by atoms with van der Waals surface area (Å²) >= 11 is 0. The number of carbonyl (C=O) groups is 1. The predicted molar refractivity (Wildman–Crippen MR) is 47.3 cm³/mol. The number of hydrogen-bond acceptors (Lipinski definition) is 4. The molecule has 1 rings (SSSR count). The van der Waals surface area contributed by atoms with Crippen molar-refractivity contribution in [3.63, 3.8) is 0 Å². The third kappa shape index (κ3) is 6.51. The van der Waals surface area contributed by atoms with E-state index in [1.54, 1.807) is 0 Å². The summed E-state index contributed by atoms with van der Waals surface area (Å²) < 4.78 is 4.94. The Balaban J connectivity index is 0.000000243. The first-order valence-electron chi connectivity index (χ1n) is 4.30. The van der Waals surface area contributed by atoms with Gasteiger partial charge in [-0.3, -0.25) is 4.79 Å². The minimum absolute atomic E-state index is 0.979. The average Bonchev–Trinajstić information content (AvgIpc) is 2.59. The fourth-order valence-corrected chi connectivity index (χ4v) is 0.717. The van der Waals surface area contributed by atoms with Gasteiger partial charge in [-0.25, -0.2) is 0 Å². The molecule has 0 saturated carbocycles. The van der Waals surface area contributed by atoms with E-state index in [1.165, 1.54) is 19.8 Å². The zero-order chi connectivity index (χ0) is 10.3. The van der Waals surface area contributed by atoms with Gasteiger partial charge in [-0.05, 0) is 19.8 Å². The lowest BCUT2D eigenvalue weighted by Crippen LogP contribution is -2.39. The van der Waals surface area contributed by atoms with Crippen LogP contribution in [0.5, 0.6) is 0 Å². The van der Waals surface area contributed by atoms with Crippen LogP contribution in [0.4, 0.5) is 0 Å². The highest BCUT2D eigenvalue weighted by atomic mass is 16.5. The molecule has 13 heavy (non-hydrogen) atoms. The van der Waals surface area contributed by atoms with Gasteiger partial charge in [-0.15, -0.1) is 0 Å². The molecule has 78 valence electrons. The standard InChI is InChI=1S/C4H9NO3.C4H8O/c1-2(6)3(5)4(7)8;1-2-4-5-3-1/h2-3,6H,5H2,1H3,(H,7,8);1-4H2/t2-,3+;/m1./s1. The number of ether oxygens (including phenoxy) is 1. The molecule has 0 aromatic carbocycles. The van der Waals surface area contributed by atoms with Crippen molar-refractivity contribution in [3.8, 4) is 0 Å². The van der Waals surface area contributed by atoms with Crippen molar-refractivity contribution in [2.45, 2.75) is 31.9 Å². The number of rotatable bonds is 2. The maximum Gasteiger partial charge on any atom is 0.323 e. The first kappa shape index (κ1) is 12.3. The molecule has 0 unspecified atom stereocenters. The lowest BCUT2D eigenvalue weighted by Gasteiger charge is -2.06. The number of hydrogen-bond donors (Lipinski definition) is 3. The van der Waals surface area contributed by atoms with Gasteiger partial charge in [0, 0.05) is 13.2 Å². The second kappa shape index (κ2) is 6.82. The molecule has 2 atom stereocenters. The van der Waals surface area contributed by atoms with Gasteiger partial charge in [0.15, 0.2) is 0 Å². The van der Waals surface area contributed by atoms with Gasteiger partial charge >= 0.3 is 5.97 Å². The van der Waals surface area contributed by atoms with Crippen LogP contribution < -0.4 is 5.73 Å². The van der Waals surface area contributed by atoms with E-state index in [0.29, 0.717) is 0 Å². The molecule has 0 aromatic rings. The molecule has 5 nitrogen and oxygen atoms in total. The molecule has 0 amide bonds. The fraction of sp³-hybridized carbons (Fsp3) is 0.875. The summed E-state index contributed by atoms with van der Waals surface area (Å²) in [5.41, 5.74) is 4.91. The van der Waals surface area contributed by atoms with Gasteiger partial charge < -0.3 is 20.7 Å². The summed E-state index contributed by atoms with van der Waals surface area (Å²) in [6.45, 7) is 3.33. The maximum atomic E-state index is 9.86. The Hall–Kier alpha value is -0.650.